The Morgan fingerprint density at radius 3 is 2.65 bits per heavy atom. The summed E-state index contributed by atoms with van der Waals surface area (Å²) in [5.74, 6) is 1.01. The first-order valence-corrected chi connectivity index (χ1v) is 16.1. The SMILES string of the molecule is Cc1cc(=O)c2cc3c(c([NH+]4C=C5N=CC=C5C4)c2o1)OC(C)(C)C(OOCC(O)C(O)(C[NH+]1C2=CC=NC2=CC1O)C(O)C(O)CO)C3. The highest BCUT2D eigenvalue weighted by molar-refractivity contribution is 5.90. The fourth-order valence-corrected chi connectivity index (χ4v) is 7.02. The quantitative estimate of drug-likeness (QED) is 0.0910. The number of aliphatic hydroxyl groups is 6. The molecule has 15 nitrogen and oxygen atoms in total. The van der Waals surface area contributed by atoms with Gasteiger partial charge in [0.2, 0.25) is 17.5 Å². The second-order valence-electron chi connectivity index (χ2n) is 13.6. The lowest BCUT2D eigenvalue weighted by Crippen LogP contribution is -3.15. The van der Waals surface area contributed by atoms with E-state index in [1.807, 2.05) is 12.3 Å². The molecule has 1 aromatic carbocycles. The Labute approximate surface area is 280 Å². The summed E-state index contributed by atoms with van der Waals surface area (Å²) in [5, 5.41) is 64.5. The number of fused-ring (bicyclic) bond motifs is 4. The number of hydrogen-bond acceptors (Lipinski definition) is 13. The minimum Gasteiger partial charge on any atom is -0.478 e. The predicted molar refractivity (Wildman–Crippen MR) is 173 cm³/mol. The molecular formula is C34H40N4O11+2. The van der Waals surface area contributed by atoms with Crippen molar-refractivity contribution in [2.45, 2.75) is 69.0 Å². The molecule has 7 rings (SSSR count). The molecule has 6 heterocycles. The molecule has 0 spiro atoms. The Balaban J connectivity index is 1.13. The number of rotatable bonds is 11. The Morgan fingerprint density at radius 2 is 1.90 bits per heavy atom. The average molecular weight is 681 g/mol. The molecule has 0 bridgehead atoms. The van der Waals surface area contributed by atoms with E-state index in [1.54, 1.807) is 39.1 Å². The van der Waals surface area contributed by atoms with E-state index in [9.17, 15) is 35.4 Å². The van der Waals surface area contributed by atoms with Crippen LogP contribution < -0.4 is 20.0 Å². The maximum atomic E-state index is 13.2. The van der Waals surface area contributed by atoms with Crippen LogP contribution in [-0.4, -0.2) is 111 Å². The van der Waals surface area contributed by atoms with E-state index >= 15 is 0 Å². The van der Waals surface area contributed by atoms with Crippen LogP contribution >= 0.6 is 0 Å². The zero-order chi connectivity index (χ0) is 34.8. The van der Waals surface area contributed by atoms with Gasteiger partial charge in [0.25, 0.3) is 0 Å². The summed E-state index contributed by atoms with van der Waals surface area (Å²) in [6.07, 6.45) is 2.89. The van der Waals surface area contributed by atoms with Gasteiger partial charge in [0.05, 0.1) is 12.0 Å². The summed E-state index contributed by atoms with van der Waals surface area (Å²) >= 11 is 0. The van der Waals surface area contributed by atoms with Gasteiger partial charge in [-0.05, 0) is 32.9 Å². The number of ether oxygens (including phenoxy) is 1. The summed E-state index contributed by atoms with van der Waals surface area (Å²) < 4.78 is 12.7. The van der Waals surface area contributed by atoms with Crippen LogP contribution in [0.15, 0.2) is 78.4 Å². The van der Waals surface area contributed by atoms with Crippen molar-refractivity contribution in [1.29, 1.82) is 0 Å². The minimum atomic E-state index is -2.48. The molecule has 8 unspecified atom stereocenters. The molecule has 8 atom stereocenters. The zero-order valence-electron chi connectivity index (χ0n) is 27.2. The number of aliphatic imine (C=N–C) groups is 2. The third-order valence-corrected chi connectivity index (χ3v) is 9.82. The molecule has 5 aliphatic heterocycles. The van der Waals surface area contributed by atoms with Gasteiger partial charge < -0.3 is 39.8 Å². The molecule has 0 saturated heterocycles. The molecule has 0 aliphatic carbocycles. The molecule has 49 heavy (non-hydrogen) atoms. The van der Waals surface area contributed by atoms with Crippen LogP contribution in [0.5, 0.6) is 5.75 Å². The lowest BCUT2D eigenvalue weighted by atomic mass is 9.86. The average Bonchev–Trinajstić information content (AvgIpc) is 3.83. The van der Waals surface area contributed by atoms with Gasteiger partial charge >= 0.3 is 0 Å². The summed E-state index contributed by atoms with van der Waals surface area (Å²) in [6.45, 7) is 3.86. The number of aryl methyl sites for hydroxylation is 1. The van der Waals surface area contributed by atoms with Gasteiger partial charge in [-0.15, -0.1) is 0 Å². The molecule has 1 aromatic heterocycles. The van der Waals surface area contributed by atoms with Crippen LogP contribution in [0.2, 0.25) is 0 Å². The number of aliphatic hydroxyl groups excluding tert-OH is 5. The van der Waals surface area contributed by atoms with Gasteiger partial charge in [-0.25, -0.2) is 9.78 Å². The van der Waals surface area contributed by atoms with Crippen molar-refractivity contribution >= 4 is 29.1 Å². The van der Waals surface area contributed by atoms with Crippen molar-refractivity contribution in [2.24, 2.45) is 9.98 Å². The van der Waals surface area contributed by atoms with Gasteiger partial charge in [-0.3, -0.25) is 24.6 Å². The van der Waals surface area contributed by atoms with Crippen LogP contribution in [-0.2, 0) is 16.2 Å². The maximum Gasteiger partial charge on any atom is 0.222 e. The van der Waals surface area contributed by atoms with Crippen molar-refractivity contribution in [3.05, 3.63) is 80.8 Å². The predicted octanol–water partition coefficient (Wildman–Crippen LogP) is -2.61. The lowest BCUT2D eigenvalue weighted by Gasteiger charge is -2.41. The second-order valence-corrected chi connectivity index (χ2v) is 13.6. The molecule has 0 amide bonds. The lowest BCUT2D eigenvalue weighted by molar-refractivity contribution is -0.903. The smallest absolute Gasteiger partial charge is 0.222 e. The molecule has 0 fully saturated rings. The molecular weight excluding hydrogens is 640 g/mol. The standard InChI is InChI=1S/C34H38N4O11/c1-17-8-24(40)20-9-19-10-27(33(2,3)48-30(19)29(31(20)47-17)37-12-18-4-6-36-22(18)13-37)49-46-15-26(42)34(45,32(44)25(41)14-39)16-38-23-5-7-35-21(23)11-28(38)43/h4-9,11,13,25-28,32,39,41-45H,10,12,14-16H2,1-3H3/p+2. The zero-order valence-corrected chi connectivity index (χ0v) is 27.2. The number of nitrogens with zero attached hydrogens (tertiary/aromatic N) is 2. The topological polar surface area (TPSA) is 213 Å². The van der Waals surface area contributed by atoms with Crippen LogP contribution in [0.25, 0.3) is 11.0 Å². The van der Waals surface area contributed by atoms with Crippen LogP contribution in [0, 0.1) is 6.92 Å². The summed E-state index contributed by atoms with van der Waals surface area (Å²) in [7, 11) is 0. The number of quaternary nitrogens is 2. The Bertz CT molecular complexity index is 1930. The third-order valence-electron chi connectivity index (χ3n) is 9.82. The van der Waals surface area contributed by atoms with Crippen molar-refractivity contribution in [2.75, 3.05) is 26.3 Å². The largest absolute Gasteiger partial charge is 0.478 e. The Morgan fingerprint density at radius 1 is 1.14 bits per heavy atom. The van der Waals surface area contributed by atoms with Crippen LogP contribution in [0.3, 0.4) is 0 Å². The highest BCUT2D eigenvalue weighted by Crippen LogP contribution is 2.43. The highest BCUT2D eigenvalue weighted by Gasteiger charge is 2.53. The minimum absolute atomic E-state index is 0.205. The first-order chi connectivity index (χ1) is 23.3. The van der Waals surface area contributed by atoms with E-state index in [4.69, 9.17) is 18.9 Å². The van der Waals surface area contributed by atoms with Crippen molar-refractivity contribution < 1.29 is 59.4 Å². The fourth-order valence-electron chi connectivity index (χ4n) is 7.02. The van der Waals surface area contributed by atoms with Gasteiger partial charge in [-0.1, -0.05) is 0 Å². The monoisotopic (exact) mass is 680 g/mol. The van der Waals surface area contributed by atoms with Gasteiger partial charge in [-0.2, -0.15) is 0 Å². The van der Waals surface area contributed by atoms with E-state index in [0.717, 1.165) is 16.2 Å². The molecule has 5 aliphatic rings. The Kier molecular flexibility index (Phi) is 8.56. The van der Waals surface area contributed by atoms with Crippen molar-refractivity contribution in [3.63, 3.8) is 0 Å². The summed E-state index contributed by atoms with van der Waals surface area (Å²) in [4.78, 5) is 34.2. The molecule has 2 aromatic rings. The number of allylic oxidation sites excluding steroid dienone is 2. The van der Waals surface area contributed by atoms with Crippen LogP contribution in [0.4, 0.5) is 5.69 Å². The van der Waals surface area contributed by atoms with E-state index in [2.05, 4.69) is 9.98 Å². The van der Waals surface area contributed by atoms with Crippen LogP contribution in [0.1, 0.15) is 25.2 Å². The fraction of sp³-hybridized carbons (Fsp3) is 0.441. The molecule has 15 heteroatoms. The van der Waals surface area contributed by atoms with Crippen molar-refractivity contribution in [3.8, 4) is 5.75 Å². The Hall–Kier alpha value is -3.87. The number of hydrogen-bond donors (Lipinski definition) is 8. The van der Waals surface area contributed by atoms with E-state index in [1.165, 1.54) is 18.4 Å². The maximum absolute atomic E-state index is 13.2. The summed E-state index contributed by atoms with van der Waals surface area (Å²) in [5.41, 5.74) is 0.984. The van der Waals surface area contributed by atoms with Crippen molar-refractivity contribution in [1.82, 2.24) is 0 Å². The second kappa shape index (κ2) is 12.5. The first-order valence-electron chi connectivity index (χ1n) is 16.1. The van der Waals surface area contributed by atoms with Gasteiger partial charge in [0.1, 0.15) is 73.1 Å². The number of benzene rings is 1. The molecule has 260 valence electrons. The first kappa shape index (κ1) is 33.6. The normalized spacial score (nSPS) is 27.8. The summed E-state index contributed by atoms with van der Waals surface area (Å²) in [6, 6.07) is 3.16. The van der Waals surface area contributed by atoms with E-state index in [-0.39, 0.29) is 16.7 Å². The van der Waals surface area contributed by atoms with Gasteiger partial charge in [0.15, 0.2) is 22.5 Å². The third kappa shape index (κ3) is 5.81. The molecule has 0 radical (unpaired) electrons. The highest BCUT2D eigenvalue weighted by atomic mass is 17.2. The molecule has 8 N–H and O–H groups in total. The van der Waals surface area contributed by atoms with E-state index < -0.39 is 61.6 Å². The van der Waals surface area contributed by atoms with Gasteiger partial charge in [0, 0.05) is 48.2 Å². The van der Waals surface area contributed by atoms with E-state index in [0.29, 0.717) is 51.7 Å². The number of nitrogens with one attached hydrogen (secondary N) is 2. The molecule has 0 saturated carbocycles.